The quantitative estimate of drug-likeness (QED) is 0.107. The van der Waals surface area contributed by atoms with Crippen LogP contribution in [0.4, 0.5) is 49.9 Å². The molecule has 15 heteroatoms. The van der Waals surface area contributed by atoms with Crippen molar-refractivity contribution < 1.29 is 35.8 Å². The molecule has 0 unspecified atom stereocenters. The van der Waals surface area contributed by atoms with E-state index in [2.05, 4.69) is 25.6 Å². The van der Waals surface area contributed by atoms with Gasteiger partial charge in [-0.15, -0.1) is 0 Å². The number of rotatable bonds is 14. The number of nitrogens with two attached hydrogens (primary N) is 1. The van der Waals surface area contributed by atoms with Gasteiger partial charge < -0.3 is 31.2 Å². The molecule has 1 aromatic heterocycles. The summed E-state index contributed by atoms with van der Waals surface area (Å²) < 4.78 is 92.5. The van der Waals surface area contributed by atoms with Crippen LogP contribution in [0.3, 0.4) is 0 Å². The van der Waals surface area contributed by atoms with E-state index < -0.39 is 46.5 Å². The lowest BCUT2D eigenvalue weighted by atomic mass is 10.2. The normalized spacial score (nSPS) is 11.0. The molecule has 0 bridgehead atoms. The molecule has 3 rings (SSSR count). The number of hydrogen-bond acceptors (Lipinski definition) is 9. The van der Waals surface area contributed by atoms with Crippen molar-refractivity contribution in [1.82, 2.24) is 15.0 Å². The van der Waals surface area contributed by atoms with Crippen LogP contribution in [0.25, 0.3) is 0 Å². The molecular formula is C22H23F6N7O2. The molecule has 0 aliphatic carbocycles. The van der Waals surface area contributed by atoms with Gasteiger partial charge in [-0.1, -0.05) is 12.1 Å². The Hall–Kier alpha value is -3.69. The highest BCUT2D eigenvalue weighted by Gasteiger charge is 2.26. The van der Waals surface area contributed by atoms with Gasteiger partial charge in [0.05, 0.1) is 26.4 Å². The predicted octanol–water partition coefficient (Wildman–Crippen LogP) is 3.47. The van der Waals surface area contributed by atoms with Crippen molar-refractivity contribution in [2.24, 2.45) is 5.73 Å². The minimum Gasteiger partial charge on any atom is -0.378 e. The molecule has 0 aliphatic heterocycles. The number of aromatic nitrogens is 3. The van der Waals surface area contributed by atoms with Gasteiger partial charge in [0.2, 0.25) is 23.7 Å². The maximum atomic E-state index is 14.1. The molecule has 0 saturated heterocycles. The van der Waals surface area contributed by atoms with Gasteiger partial charge >= 0.3 is 0 Å². The summed E-state index contributed by atoms with van der Waals surface area (Å²) in [7, 11) is 0. The first kappa shape index (κ1) is 27.9. The van der Waals surface area contributed by atoms with E-state index in [4.69, 9.17) is 15.2 Å². The number of halogens is 6. The van der Waals surface area contributed by atoms with Crippen LogP contribution >= 0.6 is 0 Å². The van der Waals surface area contributed by atoms with Crippen molar-refractivity contribution in [3.8, 4) is 0 Å². The zero-order valence-corrected chi connectivity index (χ0v) is 19.3. The predicted molar refractivity (Wildman–Crippen MR) is 122 cm³/mol. The Morgan fingerprint density at radius 3 is 1.81 bits per heavy atom. The highest BCUT2D eigenvalue weighted by Crippen LogP contribution is 2.29. The SMILES string of the molecule is NCCOCCOCCNc1nc(NCc2ccc(F)cc2)nc(Nc2c(F)c(F)c(F)c(F)c2F)n1. The van der Waals surface area contributed by atoms with E-state index in [1.807, 2.05) is 5.32 Å². The molecule has 0 atom stereocenters. The zero-order valence-electron chi connectivity index (χ0n) is 19.3. The minimum atomic E-state index is -2.30. The Balaban J connectivity index is 1.75. The van der Waals surface area contributed by atoms with E-state index in [-0.39, 0.29) is 31.6 Å². The Morgan fingerprint density at radius 1 is 0.649 bits per heavy atom. The second-order valence-electron chi connectivity index (χ2n) is 7.30. The Kier molecular flexibility index (Phi) is 10.2. The molecule has 3 aromatic rings. The molecule has 0 radical (unpaired) electrons. The molecule has 0 spiro atoms. The maximum Gasteiger partial charge on any atom is 0.233 e. The maximum absolute atomic E-state index is 14.1. The van der Waals surface area contributed by atoms with Crippen molar-refractivity contribution in [2.75, 3.05) is 55.5 Å². The lowest BCUT2D eigenvalue weighted by Gasteiger charge is -2.13. The van der Waals surface area contributed by atoms with Crippen LogP contribution in [0.15, 0.2) is 24.3 Å². The van der Waals surface area contributed by atoms with Crippen molar-refractivity contribution >= 4 is 23.5 Å². The summed E-state index contributed by atoms with van der Waals surface area (Å²) in [6.07, 6.45) is 0. The van der Waals surface area contributed by atoms with Crippen LogP contribution < -0.4 is 21.7 Å². The monoisotopic (exact) mass is 531 g/mol. The van der Waals surface area contributed by atoms with Gasteiger partial charge in [0.25, 0.3) is 0 Å². The second-order valence-corrected chi connectivity index (χ2v) is 7.30. The van der Waals surface area contributed by atoms with E-state index in [0.717, 1.165) is 0 Å². The molecular weight excluding hydrogens is 508 g/mol. The average Bonchev–Trinajstić information content (AvgIpc) is 2.90. The van der Waals surface area contributed by atoms with Gasteiger partial charge in [0, 0.05) is 19.6 Å². The van der Waals surface area contributed by atoms with Crippen LogP contribution in [0, 0.1) is 34.9 Å². The molecule has 0 saturated carbocycles. The fourth-order valence-electron chi connectivity index (χ4n) is 2.84. The lowest BCUT2D eigenvalue weighted by Crippen LogP contribution is -2.17. The summed E-state index contributed by atoms with van der Waals surface area (Å²) in [4.78, 5) is 12.0. The first-order valence-electron chi connectivity index (χ1n) is 10.9. The minimum absolute atomic E-state index is 0.0917. The first-order valence-corrected chi connectivity index (χ1v) is 10.9. The van der Waals surface area contributed by atoms with E-state index in [1.54, 1.807) is 0 Å². The van der Waals surface area contributed by atoms with Gasteiger partial charge in [-0.25, -0.2) is 26.3 Å². The molecule has 5 N–H and O–H groups in total. The molecule has 37 heavy (non-hydrogen) atoms. The van der Waals surface area contributed by atoms with E-state index >= 15 is 0 Å². The smallest absolute Gasteiger partial charge is 0.233 e. The Bertz CT molecular complexity index is 1160. The summed E-state index contributed by atoms with van der Waals surface area (Å²) in [5.74, 6) is -11.9. The van der Waals surface area contributed by atoms with E-state index in [0.29, 0.717) is 31.9 Å². The van der Waals surface area contributed by atoms with Gasteiger partial charge in [-0.05, 0) is 17.7 Å². The number of nitrogens with zero attached hydrogens (tertiary/aromatic N) is 3. The molecule has 200 valence electrons. The van der Waals surface area contributed by atoms with Gasteiger partial charge in [-0.3, -0.25) is 0 Å². The number of hydrogen-bond donors (Lipinski definition) is 4. The Morgan fingerprint density at radius 2 is 1.19 bits per heavy atom. The van der Waals surface area contributed by atoms with E-state index in [1.165, 1.54) is 24.3 Å². The highest BCUT2D eigenvalue weighted by atomic mass is 19.2. The van der Waals surface area contributed by atoms with Crippen molar-refractivity contribution in [1.29, 1.82) is 0 Å². The third-order valence-corrected chi connectivity index (χ3v) is 4.61. The molecule has 9 nitrogen and oxygen atoms in total. The van der Waals surface area contributed by atoms with Crippen LogP contribution in [-0.4, -0.2) is 54.5 Å². The van der Waals surface area contributed by atoms with Gasteiger partial charge in [-0.2, -0.15) is 15.0 Å². The van der Waals surface area contributed by atoms with Gasteiger partial charge in [0.15, 0.2) is 23.3 Å². The van der Waals surface area contributed by atoms with Crippen LogP contribution in [-0.2, 0) is 16.0 Å². The third-order valence-electron chi connectivity index (χ3n) is 4.61. The number of anilines is 4. The fourth-order valence-corrected chi connectivity index (χ4v) is 2.84. The fraction of sp³-hybridized carbons (Fsp3) is 0.318. The van der Waals surface area contributed by atoms with Gasteiger partial charge in [0.1, 0.15) is 11.5 Å². The third kappa shape index (κ3) is 7.90. The molecule has 0 fully saturated rings. The lowest BCUT2D eigenvalue weighted by molar-refractivity contribution is 0.0547. The average molecular weight is 531 g/mol. The summed E-state index contributed by atoms with van der Waals surface area (Å²) in [5.41, 5.74) is 4.63. The van der Waals surface area contributed by atoms with Crippen molar-refractivity contribution in [3.05, 3.63) is 64.7 Å². The zero-order chi connectivity index (χ0) is 26.8. The van der Waals surface area contributed by atoms with Crippen LogP contribution in [0.2, 0.25) is 0 Å². The first-order chi connectivity index (χ1) is 17.8. The topological polar surface area (TPSA) is 119 Å². The standard InChI is InChI=1S/C22H23F6N7O2/c23-13-3-1-12(2-4-13)11-31-21-33-20(30-6-8-37-10-9-36-7-5-29)34-22(35-21)32-19-17(27)15(25)14(24)16(26)18(19)28/h1-4H,5-11,29H2,(H3,30,31,32,33,34,35). The molecule has 1 heterocycles. The molecule has 2 aromatic carbocycles. The van der Waals surface area contributed by atoms with E-state index in [9.17, 15) is 26.3 Å². The van der Waals surface area contributed by atoms with Crippen molar-refractivity contribution in [3.63, 3.8) is 0 Å². The summed E-state index contributed by atoms with van der Waals surface area (Å²) in [6, 6.07) is 5.50. The molecule has 0 aliphatic rings. The van der Waals surface area contributed by atoms with Crippen LogP contribution in [0.1, 0.15) is 5.56 Å². The largest absolute Gasteiger partial charge is 0.378 e. The summed E-state index contributed by atoms with van der Waals surface area (Å²) >= 11 is 0. The second kappa shape index (κ2) is 13.6. The molecule has 0 amide bonds. The number of nitrogens with one attached hydrogen (secondary N) is 3. The van der Waals surface area contributed by atoms with Crippen molar-refractivity contribution in [2.45, 2.75) is 6.54 Å². The highest BCUT2D eigenvalue weighted by molar-refractivity contribution is 5.58. The number of benzene rings is 2. The summed E-state index contributed by atoms with van der Waals surface area (Å²) in [6.45, 7) is 1.96. The summed E-state index contributed by atoms with van der Waals surface area (Å²) in [5, 5.41) is 7.65. The number of ether oxygens (including phenoxy) is 2. The van der Waals surface area contributed by atoms with Crippen LogP contribution in [0.5, 0.6) is 0 Å². The Labute approximate surface area is 207 Å².